The van der Waals surface area contributed by atoms with Crippen molar-refractivity contribution in [2.24, 2.45) is 0 Å². The van der Waals surface area contributed by atoms with Gasteiger partial charge in [0.25, 0.3) is 0 Å². The van der Waals surface area contributed by atoms with Crippen LogP contribution in [0.1, 0.15) is 29.3 Å². The van der Waals surface area contributed by atoms with Crippen LogP contribution in [0, 0.1) is 13.8 Å². The topological polar surface area (TPSA) is 47.4 Å². The molecule has 0 aliphatic carbocycles. The van der Waals surface area contributed by atoms with Gasteiger partial charge in [-0.05, 0) is 37.1 Å². The zero-order valence-corrected chi connectivity index (χ0v) is 17.1. The smallest absolute Gasteiger partial charge is 0.223 e. The molecule has 1 aromatic heterocycles. The molecule has 1 saturated heterocycles. The number of benzene rings is 2. The van der Waals surface area contributed by atoms with Gasteiger partial charge in [-0.3, -0.25) is 4.79 Å². The lowest BCUT2D eigenvalue weighted by atomic mass is 10.1. The minimum absolute atomic E-state index is 0.0926. The van der Waals surface area contributed by atoms with Gasteiger partial charge in [0.2, 0.25) is 5.91 Å². The van der Waals surface area contributed by atoms with E-state index >= 15 is 0 Å². The average Bonchev–Trinajstić information content (AvgIpc) is 3.25. The number of hydrogen-bond acceptors (Lipinski definition) is 3. The standard InChI is InChI=1S/C24H27N3O2/c1-4-12-26-16-19(15-22(26)28)24-25-20-10-5-6-11-21(20)27(24)13-14-29-23-17(2)8-7-9-18(23)3/h4-11,19H,1,12-16H2,2-3H3. The zero-order valence-electron chi connectivity index (χ0n) is 17.1. The molecule has 0 spiro atoms. The second-order valence-corrected chi connectivity index (χ2v) is 7.67. The van der Waals surface area contributed by atoms with Gasteiger partial charge in [0.05, 0.1) is 17.6 Å². The van der Waals surface area contributed by atoms with Crippen LogP contribution in [0.3, 0.4) is 0 Å². The van der Waals surface area contributed by atoms with Crippen molar-refractivity contribution < 1.29 is 9.53 Å². The summed E-state index contributed by atoms with van der Waals surface area (Å²) in [6.45, 7) is 10.4. The van der Waals surface area contributed by atoms with E-state index in [1.807, 2.05) is 29.2 Å². The predicted molar refractivity (Wildman–Crippen MR) is 115 cm³/mol. The Morgan fingerprint density at radius 1 is 1.17 bits per heavy atom. The van der Waals surface area contributed by atoms with E-state index in [1.165, 1.54) is 0 Å². The minimum Gasteiger partial charge on any atom is -0.491 e. The number of imidazole rings is 1. The Morgan fingerprint density at radius 2 is 1.93 bits per heavy atom. The summed E-state index contributed by atoms with van der Waals surface area (Å²) in [5, 5.41) is 0. The number of aromatic nitrogens is 2. The summed E-state index contributed by atoms with van der Waals surface area (Å²) in [5.74, 6) is 2.18. The second kappa shape index (κ2) is 8.11. The van der Waals surface area contributed by atoms with Gasteiger partial charge < -0.3 is 14.2 Å². The summed E-state index contributed by atoms with van der Waals surface area (Å²) in [6.07, 6.45) is 2.27. The van der Waals surface area contributed by atoms with Crippen molar-refractivity contribution >= 4 is 16.9 Å². The van der Waals surface area contributed by atoms with E-state index in [1.54, 1.807) is 6.08 Å². The van der Waals surface area contributed by atoms with E-state index in [0.717, 1.165) is 33.7 Å². The molecule has 0 radical (unpaired) electrons. The fraction of sp³-hybridized carbons (Fsp3) is 0.333. The van der Waals surface area contributed by atoms with Crippen LogP contribution in [0.2, 0.25) is 0 Å². The van der Waals surface area contributed by atoms with E-state index in [2.05, 4.69) is 43.2 Å². The average molecular weight is 389 g/mol. The van der Waals surface area contributed by atoms with E-state index in [0.29, 0.717) is 32.7 Å². The molecule has 1 aliphatic heterocycles. The molecule has 0 saturated carbocycles. The molecule has 5 heteroatoms. The maximum absolute atomic E-state index is 12.4. The minimum atomic E-state index is 0.0926. The molecule has 0 N–H and O–H groups in total. The number of amides is 1. The van der Waals surface area contributed by atoms with E-state index < -0.39 is 0 Å². The molecule has 4 rings (SSSR count). The number of nitrogens with zero attached hydrogens (tertiary/aromatic N) is 3. The van der Waals surface area contributed by atoms with Crippen molar-refractivity contribution in [3.8, 4) is 5.75 Å². The highest BCUT2D eigenvalue weighted by Crippen LogP contribution is 2.30. The number of carbonyl (C=O) groups excluding carboxylic acids is 1. The number of hydrogen-bond donors (Lipinski definition) is 0. The van der Waals surface area contributed by atoms with Crippen LogP contribution in [0.4, 0.5) is 0 Å². The van der Waals surface area contributed by atoms with Gasteiger partial charge >= 0.3 is 0 Å². The zero-order chi connectivity index (χ0) is 20.4. The van der Waals surface area contributed by atoms with Gasteiger partial charge in [0.15, 0.2) is 0 Å². The molecular formula is C24H27N3O2. The van der Waals surface area contributed by atoms with Crippen LogP contribution in [0.5, 0.6) is 5.75 Å². The molecule has 2 aromatic carbocycles. The molecule has 1 atom stereocenters. The van der Waals surface area contributed by atoms with E-state index in [4.69, 9.17) is 9.72 Å². The number of aryl methyl sites for hydroxylation is 2. The number of carbonyl (C=O) groups is 1. The largest absolute Gasteiger partial charge is 0.491 e. The summed E-state index contributed by atoms with van der Waals surface area (Å²) in [6, 6.07) is 14.3. The van der Waals surface area contributed by atoms with E-state index in [9.17, 15) is 4.79 Å². The predicted octanol–water partition coefficient (Wildman–Crippen LogP) is 4.23. The van der Waals surface area contributed by atoms with Gasteiger partial charge in [0.1, 0.15) is 18.2 Å². The number of fused-ring (bicyclic) bond motifs is 1. The summed E-state index contributed by atoms with van der Waals surface area (Å²) in [5.41, 5.74) is 4.33. The van der Waals surface area contributed by atoms with Crippen LogP contribution in [0.15, 0.2) is 55.1 Å². The maximum Gasteiger partial charge on any atom is 0.223 e. The maximum atomic E-state index is 12.4. The third-order valence-corrected chi connectivity index (χ3v) is 5.58. The second-order valence-electron chi connectivity index (χ2n) is 7.67. The molecule has 5 nitrogen and oxygen atoms in total. The molecule has 0 bridgehead atoms. The molecule has 3 aromatic rings. The molecule has 29 heavy (non-hydrogen) atoms. The van der Waals surface area contributed by atoms with Gasteiger partial charge in [-0.25, -0.2) is 4.98 Å². The Morgan fingerprint density at radius 3 is 2.69 bits per heavy atom. The number of likely N-dealkylation sites (tertiary alicyclic amines) is 1. The highest BCUT2D eigenvalue weighted by atomic mass is 16.5. The lowest BCUT2D eigenvalue weighted by Crippen LogP contribution is -2.25. The highest BCUT2D eigenvalue weighted by molar-refractivity contribution is 5.81. The van der Waals surface area contributed by atoms with Crippen LogP contribution >= 0.6 is 0 Å². The highest BCUT2D eigenvalue weighted by Gasteiger charge is 2.33. The van der Waals surface area contributed by atoms with Gasteiger partial charge in [-0.2, -0.15) is 0 Å². The van der Waals surface area contributed by atoms with Gasteiger partial charge in [0, 0.05) is 25.4 Å². The third kappa shape index (κ3) is 3.77. The molecule has 150 valence electrons. The number of ether oxygens (including phenoxy) is 1. The van der Waals surface area contributed by atoms with E-state index in [-0.39, 0.29) is 11.8 Å². The molecule has 2 heterocycles. The first-order valence-corrected chi connectivity index (χ1v) is 10.1. The Hall–Kier alpha value is -3.08. The summed E-state index contributed by atoms with van der Waals surface area (Å²) < 4.78 is 8.37. The Bertz CT molecular complexity index is 1030. The molecule has 1 fully saturated rings. The number of rotatable bonds is 7. The Balaban J connectivity index is 1.59. The molecule has 1 aliphatic rings. The van der Waals surface area contributed by atoms with Crippen LogP contribution < -0.4 is 4.74 Å². The molecule has 1 amide bonds. The van der Waals surface area contributed by atoms with Gasteiger partial charge in [-0.1, -0.05) is 36.4 Å². The first-order valence-electron chi connectivity index (χ1n) is 10.1. The van der Waals surface area contributed by atoms with Crippen molar-refractivity contribution in [3.63, 3.8) is 0 Å². The molecule has 1 unspecified atom stereocenters. The van der Waals surface area contributed by atoms with Crippen molar-refractivity contribution in [2.45, 2.75) is 32.7 Å². The quantitative estimate of drug-likeness (QED) is 0.568. The Labute approximate surface area is 171 Å². The Kier molecular flexibility index (Phi) is 5.38. The van der Waals surface area contributed by atoms with Crippen molar-refractivity contribution in [3.05, 3.63) is 72.1 Å². The lowest BCUT2D eigenvalue weighted by molar-refractivity contribution is -0.127. The fourth-order valence-electron chi connectivity index (χ4n) is 4.18. The number of para-hydroxylation sites is 3. The first-order chi connectivity index (χ1) is 14.1. The summed E-state index contributed by atoms with van der Waals surface area (Å²) >= 11 is 0. The SMILES string of the molecule is C=CCN1CC(c2nc3ccccc3n2CCOc2c(C)cccc2C)CC1=O. The van der Waals surface area contributed by atoms with Crippen molar-refractivity contribution in [1.82, 2.24) is 14.5 Å². The van der Waals surface area contributed by atoms with Crippen molar-refractivity contribution in [2.75, 3.05) is 19.7 Å². The monoisotopic (exact) mass is 389 g/mol. The summed E-state index contributed by atoms with van der Waals surface area (Å²) in [7, 11) is 0. The van der Waals surface area contributed by atoms with Crippen LogP contribution in [-0.4, -0.2) is 40.1 Å². The lowest BCUT2D eigenvalue weighted by Gasteiger charge is -2.17. The van der Waals surface area contributed by atoms with Crippen LogP contribution in [-0.2, 0) is 11.3 Å². The molecular weight excluding hydrogens is 362 g/mol. The van der Waals surface area contributed by atoms with Gasteiger partial charge in [-0.15, -0.1) is 6.58 Å². The third-order valence-electron chi connectivity index (χ3n) is 5.58. The fourth-order valence-corrected chi connectivity index (χ4v) is 4.18. The normalized spacial score (nSPS) is 16.6. The summed E-state index contributed by atoms with van der Waals surface area (Å²) in [4.78, 5) is 19.1. The first kappa shape index (κ1) is 19.2. The van der Waals surface area contributed by atoms with Crippen molar-refractivity contribution in [1.29, 1.82) is 0 Å². The van der Waals surface area contributed by atoms with Crippen LogP contribution in [0.25, 0.3) is 11.0 Å².